The van der Waals surface area contributed by atoms with Crippen molar-refractivity contribution in [2.24, 2.45) is 11.7 Å². The Morgan fingerprint density at radius 1 is 1.82 bits per heavy atom. The van der Waals surface area contributed by atoms with Gasteiger partial charge in [-0.05, 0) is 30.1 Å². The molecule has 62 valence electrons. The summed E-state index contributed by atoms with van der Waals surface area (Å²) in [5.41, 5.74) is 5.40. The van der Waals surface area contributed by atoms with Gasteiger partial charge in [0.1, 0.15) is 0 Å². The van der Waals surface area contributed by atoms with Gasteiger partial charge in [-0.25, -0.2) is 4.37 Å². The molecule has 0 radical (unpaired) electrons. The van der Waals surface area contributed by atoms with Crippen molar-refractivity contribution in [2.45, 2.75) is 13.0 Å². The van der Waals surface area contributed by atoms with Crippen LogP contribution in [-0.2, 0) is 0 Å². The lowest BCUT2D eigenvalue weighted by Gasteiger charge is -2.13. The molecule has 0 aliphatic carbocycles. The summed E-state index contributed by atoms with van der Waals surface area (Å²) in [5.74, 6) is 0.107. The van der Waals surface area contributed by atoms with Crippen LogP contribution in [-0.4, -0.2) is 16.0 Å². The smallest absolute Gasteiger partial charge is 0.0935 e. The topological polar surface area (TPSA) is 59.1 Å². The monoisotopic (exact) mass is 172 g/mol. The summed E-state index contributed by atoms with van der Waals surface area (Å²) >= 11 is 1.32. The third-order valence-corrected chi connectivity index (χ3v) is 2.48. The third kappa shape index (κ3) is 1.99. The van der Waals surface area contributed by atoms with Crippen LogP contribution in [0.1, 0.15) is 17.9 Å². The fourth-order valence-corrected chi connectivity index (χ4v) is 1.49. The average molecular weight is 172 g/mol. The highest BCUT2D eigenvalue weighted by atomic mass is 32.1. The minimum absolute atomic E-state index is 0.107. The number of nitrogens with zero attached hydrogens (tertiary/aromatic N) is 1. The number of nitrogens with two attached hydrogens (primary N) is 1. The standard InChI is InChI=1S/C7H12N2OS/c1-5(4-8)7(10)6-2-3-9-11-6/h2-3,5,7,10H,4,8H2,1H3. The summed E-state index contributed by atoms with van der Waals surface area (Å²) in [6, 6.07) is 1.82. The second-order valence-corrected chi connectivity index (χ2v) is 3.44. The molecule has 2 atom stereocenters. The first-order valence-electron chi connectivity index (χ1n) is 3.54. The molecule has 3 N–H and O–H groups in total. The molecule has 1 aromatic heterocycles. The van der Waals surface area contributed by atoms with Crippen molar-refractivity contribution in [3.8, 4) is 0 Å². The highest BCUT2D eigenvalue weighted by molar-refractivity contribution is 7.05. The first-order chi connectivity index (χ1) is 5.25. The number of rotatable bonds is 3. The van der Waals surface area contributed by atoms with E-state index in [2.05, 4.69) is 4.37 Å². The number of aromatic nitrogens is 1. The van der Waals surface area contributed by atoms with E-state index in [4.69, 9.17) is 5.73 Å². The Kier molecular flexibility index (Phi) is 2.99. The summed E-state index contributed by atoms with van der Waals surface area (Å²) in [6.45, 7) is 2.42. The zero-order valence-corrected chi connectivity index (χ0v) is 7.21. The molecule has 0 aliphatic rings. The summed E-state index contributed by atoms with van der Waals surface area (Å²) in [4.78, 5) is 0.892. The van der Waals surface area contributed by atoms with Gasteiger partial charge in [-0.1, -0.05) is 6.92 Å². The maximum Gasteiger partial charge on any atom is 0.0935 e. The van der Waals surface area contributed by atoms with Crippen LogP contribution in [0.5, 0.6) is 0 Å². The largest absolute Gasteiger partial charge is 0.387 e. The fraction of sp³-hybridized carbons (Fsp3) is 0.571. The normalized spacial score (nSPS) is 16.3. The van der Waals surface area contributed by atoms with Crippen LogP contribution in [0.25, 0.3) is 0 Å². The Bertz CT molecular complexity index is 200. The Hall–Kier alpha value is -0.450. The van der Waals surface area contributed by atoms with E-state index in [1.807, 2.05) is 13.0 Å². The molecule has 0 aromatic carbocycles. The van der Waals surface area contributed by atoms with Crippen LogP contribution in [0.15, 0.2) is 12.3 Å². The molecule has 1 rings (SSSR count). The van der Waals surface area contributed by atoms with Crippen molar-refractivity contribution in [3.63, 3.8) is 0 Å². The molecular formula is C7H12N2OS. The molecule has 1 heterocycles. The van der Waals surface area contributed by atoms with Crippen LogP contribution in [0, 0.1) is 5.92 Å². The van der Waals surface area contributed by atoms with E-state index in [-0.39, 0.29) is 5.92 Å². The summed E-state index contributed by atoms with van der Waals surface area (Å²) in [5, 5.41) is 9.57. The second-order valence-electron chi connectivity index (χ2n) is 2.57. The van der Waals surface area contributed by atoms with Gasteiger partial charge >= 0.3 is 0 Å². The van der Waals surface area contributed by atoms with Crippen molar-refractivity contribution in [3.05, 3.63) is 17.1 Å². The zero-order chi connectivity index (χ0) is 8.27. The van der Waals surface area contributed by atoms with Gasteiger partial charge in [0.15, 0.2) is 0 Å². The van der Waals surface area contributed by atoms with Crippen LogP contribution < -0.4 is 5.73 Å². The van der Waals surface area contributed by atoms with Crippen molar-refractivity contribution >= 4 is 11.5 Å². The Labute approximate surface area is 70.0 Å². The minimum atomic E-state index is -0.451. The lowest BCUT2D eigenvalue weighted by atomic mass is 10.0. The lowest BCUT2D eigenvalue weighted by Crippen LogP contribution is -2.17. The molecule has 2 unspecified atom stereocenters. The van der Waals surface area contributed by atoms with Crippen molar-refractivity contribution in [1.82, 2.24) is 4.37 Å². The third-order valence-electron chi connectivity index (χ3n) is 1.66. The second kappa shape index (κ2) is 3.80. The van der Waals surface area contributed by atoms with Gasteiger partial charge in [0, 0.05) is 6.20 Å². The average Bonchev–Trinajstić information content (AvgIpc) is 2.53. The summed E-state index contributed by atoms with van der Waals surface area (Å²) in [6.07, 6.45) is 1.24. The lowest BCUT2D eigenvalue weighted by molar-refractivity contribution is 0.125. The molecule has 0 aliphatic heterocycles. The minimum Gasteiger partial charge on any atom is -0.387 e. The molecule has 4 heteroatoms. The summed E-state index contributed by atoms with van der Waals surface area (Å²) in [7, 11) is 0. The van der Waals surface area contributed by atoms with Crippen molar-refractivity contribution in [2.75, 3.05) is 6.54 Å². The molecule has 0 bridgehead atoms. The highest BCUT2D eigenvalue weighted by Crippen LogP contribution is 2.23. The SMILES string of the molecule is CC(CN)C(O)c1ccns1. The van der Waals surface area contributed by atoms with Crippen molar-refractivity contribution in [1.29, 1.82) is 0 Å². The van der Waals surface area contributed by atoms with Crippen LogP contribution in [0.3, 0.4) is 0 Å². The van der Waals surface area contributed by atoms with Gasteiger partial charge in [0.05, 0.1) is 11.0 Å². The van der Waals surface area contributed by atoms with Crippen LogP contribution in [0.2, 0.25) is 0 Å². The maximum atomic E-state index is 9.57. The number of aliphatic hydroxyl groups is 1. The van der Waals surface area contributed by atoms with Gasteiger partial charge in [0.2, 0.25) is 0 Å². The number of hydrogen-bond donors (Lipinski definition) is 2. The molecule has 11 heavy (non-hydrogen) atoms. The van der Waals surface area contributed by atoms with Crippen LogP contribution >= 0.6 is 11.5 Å². The van der Waals surface area contributed by atoms with Crippen LogP contribution in [0.4, 0.5) is 0 Å². The highest BCUT2D eigenvalue weighted by Gasteiger charge is 2.15. The van der Waals surface area contributed by atoms with E-state index in [0.29, 0.717) is 6.54 Å². The van der Waals surface area contributed by atoms with E-state index in [1.165, 1.54) is 11.5 Å². The Morgan fingerprint density at radius 3 is 3.00 bits per heavy atom. The number of hydrogen-bond acceptors (Lipinski definition) is 4. The van der Waals surface area contributed by atoms with E-state index in [1.54, 1.807) is 6.20 Å². The molecule has 0 fully saturated rings. The molecule has 1 aromatic rings. The Morgan fingerprint density at radius 2 is 2.55 bits per heavy atom. The quantitative estimate of drug-likeness (QED) is 0.708. The molecule has 3 nitrogen and oxygen atoms in total. The molecule has 0 saturated carbocycles. The first kappa shape index (κ1) is 8.64. The van der Waals surface area contributed by atoms with Gasteiger partial charge in [0.25, 0.3) is 0 Å². The fourth-order valence-electron chi connectivity index (χ4n) is 0.788. The molecular weight excluding hydrogens is 160 g/mol. The van der Waals surface area contributed by atoms with E-state index in [0.717, 1.165) is 4.88 Å². The summed E-state index contributed by atoms with van der Waals surface area (Å²) < 4.78 is 3.90. The zero-order valence-electron chi connectivity index (χ0n) is 6.40. The Balaban J connectivity index is 2.62. The molecule has 0 saturated heterocycles. The predicted molar refractivity (Wildman–Crippen MR) is 45.3 cm³/mol. The van der Waals surface area contributed by atoms with Gasteiger partial charge in [-0.15, -0.1) is 0 Å². The van der Waals surface area contributed by atoms with Gasteiger partial charge in [-0.2, -0.15) is 0 Å². The van der Waals surface area contributed by atoms with E-state index in [9.17, 15) is 5.11 Å². The van der Waals surface area contributed by atoms with Gasteiger partial charge < -0.3 is 10.8 Å². The van der Waals surface area contributed by atoms with Crippen molar-refractivity contribution < 1.29 is 5.11 Å². The molecule has 0 amide bonds. The molecule has 0 spiro atoms. The predicted octanol–water partition coefficient (Wildman–Crippen LogP) is 0.771. The van der Waals surface area contributed by atoms with E-state index >= 15 is 0 Å². The number of aliphatic hydroxyl groups excluding tert-OH is 1. The maximum absolute atomic E-state index is 9.57. The first-order valence-corrected chi connectivity index (χ1v) is 4.31. The van der Waals surface area contributed by atoms with E-state index < -0.39 is 6.10 Å². The van der Waals surface area contributed by atoms with Gasteiger partial charge in [-0.3, -0.25) is 0 Å².